The quantitative estimate of drug-likeness (QED) is 0.706. The predicted molar refractivity (Wildman–Crippen MR) is 114 cm³/mol. The van der Waals surface area contributed by atoms with Crippen molar-refractivity contribution in [2.24, 2.45) is 0 Å². The lowest BCUT2D eigenvalue weighted by Gasteiger charge is -2.35. The molecule has 0 atom stereocenters. The van der Waals surface area contributed by atoms with Crippen molar-refractivity contribution >= 4 is 23.6 Å². The van der Waals surface area contributed by atoms with E-state index in [1.807, 2.05) is 29.2 Å². The number of thioether (sulfide) groups is 1. The predicted octanol–water partition coefficient (Wildman–Crippen LogP) is 3.13. The average Bonchev–Trinajstić information content (AvgIpc) is 2.75. The van der Waals surface area contributed by atoms with Crippen LogP contribution < -0.4 is 5.32 Å². The molecule has 0 saturated carbocycles. The fourth-order valence-corrected chi connectivity index (χ4v) is 4.10. The number of carbonyl (C=O) groups excluding carboxylic acids is 2. The lowest BCUT2D eigenvalue weighted by molar-refractivity contribution is 0.0634. The van der Waals surface area contributed by atoms with Gasteiger partial charge in [0, 0.05) is 49.7 Å². The third-order valence-electron chi connectivity index (χ3n) is 4.90. The van der Waals surface area contributed by atoms with Crippen molar-refractivity contribution in [1.29, 1.82) is 0 Å². The number of carbonyl (C=O) groups is 2. The molecule has 3 rings (SSSR count). The van der Waals surface area contributed by atoms with Crippen molar-refractivity contribution in [1.82, 2.24) is 15.1 Å². The third kappa shape index (κ3) is 5.81. The van der Waals surface area contributed by atoms with Gasteiger partial charge in [-0.05, 0) is 42.2 Å². The monoisotopic (exact) mass is 415 g/mol. The number of hydrogen-bond acceptors (Lipinski definition) is 4. The van der Waals surface area contributed by atoms with Crippen molar-refractivity contribution in [2.75, 3.05) is 45.0 Å². The lowest BCUT2D eigenvalue weighted by Crippen LogP contribution is -2.50. The number of piperazine rings is 1. The summed E-state index contributed by atoms with van der Waals surface area (Å²) in [6, 6.07) is 13.3. The maximum Gasteiger partial charge on any atom is 0.255 e. The fraction of sp³-hybridized carbons (Fsp3) is 0.364. The normalized spacial score (nSPS) is 14.6. The summed E-state index contributed by atoms with van der Waals surface area (Å²) in [5.74, 6) is 0.460. The first-order chi connectivity index (χ1) is 14.1. The SMILES string of the molecule is CCSc1ccccc1C(=O)N1CCN(CCNC(=O)c2ccc(F)cc2)CC1. The van der Waals surface area contributed by atoms with Crippen LogP contribution in [0.3, 0.4) is 0 Å². The zero-order chi connectivity index (χ0) is 20.6. The lowest BCUT2D eigenvalue weighted by atomic mass is 10.2. The summed E-state index contributed by atoms with van der Waals surface area (Å²) >= 11 is 1.69. The van der Waals surface area contributed by atoms with Crippen LogP contribution in [0.4, 0.5) is 4.39 Å². The van der Waals surface area contributed by atoms with Crippen LogP contribution in [0.5, 0.6) is 0 Å². The van der Waals surface area contributed by atoms with E-state index in [1.54, 1.807) is 11.8 Å². The minimum absolute atomic E-state index is 0.0887. The second kappa shape index (κ2) is 10.4. The number of amides is 2. The summed E-state index contributed by atoms with van der Waals surface area (Å²) in [6.07, 6.45) is 0. The number of rotatable bonds is 7. The van der Waals surface area contributed by atoms with Crippen LogP contribution in [0.25, 0.3) is 0 Å². The Labute approximate surface area is 175 Å². The maximum absolute atomic E-state index is 12.9. The number of halogens is 1. The second-order valence-electron chi connectivity index (χ2n) is 6.83. The van der Waals surface area contributed by atoms with Crippen molar-refractivity contribution in [3.8, 4) is 0 Å². The highest BCUT2D eigenvalue weighted by Gasteiger charge is 2.23. The molecule has 29 heavy (non-hydrogen) atoms. The standard InChI is InChI=1S/C22H26FN3O2S/c1-2-29-20-6-4-3-5-19(20)22(28)26-15-13-25(14-16-26)12-11-24-21(27)17-7-9-18(23)10-8-17/h3-10H,2,11-16H2,1H3,(H,24,27). The summed E-state index contributed by atoms with van der Waals surface area (Å²) in [4.78, 5) is 30.1. The molecular weight excluding hydrogens is 389 g/mol. The highest BCUT2D eigenvalue weighted by molar-refractivity contribution is 7.99. The van der Waals surface area contributed by atoms with Crippen molar-refractivity contribution in [3.63, 3.8) is 0 Å². The molecule has 1 N–H and O–H groups in total. The van der Waals surface area contributed by atoms with Gasteiger partial charge in [-0.25, -0.2) is 4.39 Å². The van der Waals surface area contributed by atoms with Crippen LogP contribution in [0.1, 0.15) is 27.6 Å². The molecule has 0 aliphatic carbocycles. The van der Waals surface area contributed by atoms with Crippen LogP contribution in [-0.2, 0) is 0 Å². The van der Waals surface area contributed by atoms with Crippen molar-refractivity contribution in [3.05, 3.63) is 65.5 Å². The van der Waals surface area contributed by atoms with Crippen molar-refractivity contribution < 1.29 is 14.0 Å². The van der Waals surface area contributed by atoms with Gasteiger partial charge < -0.3 is 10.2 Å². The minimum Gasteiger partial charge on any atom is -0.351 e. The summed E-state index contributed by atoms with van der Waals surface area (Å²) in [5, 5.41) is 2.86. The summed E-state index contributed by atoms with van der Waals surface area (Å²) in [6.45, 7) is 6.23. The molecule has 154 valence electrons. The van der Waals surface area contributed by atoms with E-state index in [9.17, 15) is 14.0 Å². The Bertz CT molecular complexity index is 836. The van der Waals surface area contributed by atoms with E-state index >= 15 is 0 Å². The molecule has 1 aliphatic heterocycles. The molecule has 5 nitrogen and oxygen atoms in total. The van der Waals surface area contributed by atoms with Gasteiger partial charge in [0.05, 0.1) is 5.56 Å². The van der Waals surface area contributed by atoms with Crippen LogP contribution >= 0.6 is 11.8 Å². The highest BCUT2D eigenvalue weighted by atomic mass is 32.2. The molecule has 0 radical (unpaired) electrons. The molecule has 7 heteroatoms. The van der Waals surface area contributed by atoms with Crippen LogP contribution in [0, 0.1) is 5.82 Å². The average molecular weight is 416 g/mol. The smallest absolute Gasteiger partial charge is 0.255 e. The maximum atomic E-state index is 12.9. The Balaban J connectivity index is 1.44. The fourth-order valence-electron chi connectivity index (χ4n) is 3.30. The number of nitrogens with zero attached hydrogens (tertiary/aromatic N) is 2. The van der Waals surface area contributed by atoms with Gasteiger partial charge in [0.2, 0.25) is 0 Å². The highest BCUT2D eigenvalue weighted by Crippen LogP contribution is 2.24. The van der Waals surface area contributed by atoms with Gasteiger partial charge in [0.25, 0.3) is 11.8 Å². The van der Waals surface area contributed by atoms with E-state index in [1.165, 1.54) is 24.3 Å². The van der Waals surface area contributed by atoms with Crippen molar-refractivity contribution in [2.45, 2.75) is 11.8 Å². The van der Waals surface area contributed by atoms with Gasteiger partial charge >= 0.3 is 0 Å². The molecular formula is C22H26FN3O2S. The zero-order valence-corrected chi connectivity index (χ0v) is 17.4. The summed E-state index contributed by atoms with van der Waals surface area (Å²) < 4.78 is 12.9. The molecule has 0 bridgehead atoms. The van der Waals surface area contributed by atoms with E-state index in [0.717, 1.165) is 35.8 Å². The van der Waals surface area contributed by atoms with E-state index < -0.39 is 0 Å². The molecule has 0 unspecified atom stereocenters. The molecule has 2 aromatic carbocycles. The van der Waals surface area contributed by atoms with Gasteiger partial charge in [0.15, 0.2) is 0 Å². The van der Waals surface area contributed by atoms with E-state index in [0.29, 0.717) is 25.2 Å². The summed E-state index contributed by atoms with van der Waals surface area (Å²) in [5.41, 5.74) is 1.23. The Morgan fingerprint density at radius 1 is 1.03 bits per heavy atom. The zero-order valence-electron chi connectivity index (χ0n) is 16.6. The first kappa shape index (κ1) is 21.3. The Kier molecular flexibility index (Phi) is 7.66. The first-order valence-corrected chi connectivity index (χ1v) is 10.8. The summed E-state index contributed by atoms with van der Waals surface area (Å²) in [7, 11) is 0. The van der Waals surface area contributed by atoms with Gasteiger partial charge in [0.1, 0.15) is 5.82 Å². The number of hydrogen-bond donors (Lipinski definition) is 1. The molecule has 1 heterocycles. The number of benzene rings is 2. The molecule has 0 spiro atoms. The second-order valence-corrected chi connectivity index (χ2v) is 8.13. The van der Waals surface area contributed by atoms with Gasteiger partial charge in [-0.15, -0.1) is 11.8 Å². The minimum atomic E-state index is -0.357. The van der Waals surface area contributed by atoms with Gasteiger partial charge in [-0.2, -0.15) is 0 Å². The van der Waals surface area contributed by atoms with E-state index in [2.05, 4.69) is 17.1 Å². The van der Waals surface area contributed by atoms with Gasteiger partial charge in [-0.3, -0.25) is 14.5 Å². The third-order valence-corrected chi connectivity index (χ3v) is 5.85. The molecule has 0 aromatic heterocycles. The van der Waals surface area contributed by atoms with Crippen LogP contribution in [-0.4, -0.2) is 66.6 Å². The molecule has 1 aliphatic rings. The Hall–Kier alpha value is -2.38. The van der Waals surface area contributed by atoms with E-state index in [-0.39, 0.29) is 17.6 Å². The Morgan fingerprint density at radius 2 is 1.72 bits per heavy atom. The van der Waals surface area contributed by atoms with Gasteiger partial charge in [-0.1, -0.05) is 19.1 Å². The van der Waals surface area contributed by atoms with Crippen LogP contribution in [0.2, 0.25) is 0 Å². The molecule has 2 amide bonds. The van der Waals surface area contributed by atoms with E-state index in [4.69, 9.17) is 0 Å². The molecule has 1 saturated heterocycles. The largest absolute Gasteiger partial charge is 0.351 e. The topological polar surface area (TPSA) is 52.7 Å². The molecule has 1 fully saturated rings. The van der Waals surface area contributed by atoms with Crippen LogP contribution in [0.15, 0.2) is 53.4 Å². The first-order valence-electron chi connectivity index (χ1n) is 9.85. The Morgan fingerprint density at radius 3 is 2.41 bits per heavy atom. The number of nitrogens with one attached hydrogen (secondary N) is 1. The molecule has 2 aromatic rings.